The molecule has 0 spiro atoms. The van der Waals surface area contributed by atoms with E-state index in [1.165, 1.54) is 17.8 Å². The summed E-state index contributed by atoms with van der Waals surface area (Å²) in [5.41, 5.74) is 0. The molecule has 2 fully saturated rings. The zero-order valence-corrected chi connectivity index (χ0v) is 12.9. The molecule has 0 aliphatic carbocycles. The summed E-state index contributed by atoms with van der Waals surface area (Å²) in [7, 11) is 0. The molecule has 2 aromatic rings. The summed E-state index contributed by atoms with van der Waals surface area (Å²) in [4.78, 5) is 0.940. The van der Waals surface area contributed by atoms with Gasteiger partial charge in [-0.3, -0.25) is 0 Å². The van der Waals surface area contributed by atoms with Gasteiger partial charge in [-0.2, -0.15) is 9.61 Å². The van der Waals surface area contributed by atoms with Crippen LogP contribution in [0, 0.1) is 5.92 Å². The van der Waals surface area contributed by atoms with Crippen molar-refractivity contribution in [2.45, 2.75) is 38.0 Å². The third kappa shape index (κ3) is 2.82. The molecule has 0 saturated carbocycles. The molecule has 0 aromatic carbocycles. The molecule has 6 nitrogen and oxygen atoms in total. The minimum atomic E-state index is 0.444. The lowest BCUT2D eigenvalue weighted by molar-refractivity contribution is 0.0831. The van der Waals surface area contributed by atoms with Crippen LogP contribution in [0.4, 0.5) is 0 Å². The average Bonchev–Trinajstić information content (AvgIpc) is 3.09. The number of hydrogen-bond donors (Lipinski definition) is 1. The van der Waals surface area contributed by atoms with Crippen molar-refractivity contribution >= 4 is 16.3 Å². The number of fused-ring (bicyclic) bond motifs is 1. The van der Waals surface area contributed by atoms with E-state index in [1.807, 2.05) is 4.52 Å². The highest BCUT2D eigenvalue weighted by Crippen LogP contribution is 2.28. The monoisotopic (exact) mass is 307 g/mol. The Labute approximate surface area is 127 Å². The maximum atomic E-state index is 5.43. The van der Waals surface area contributed by atoms with E-state index in [9.17, 15) is 0 Å². The Hall–Kier alpha value is -1.05. The van der Waals surface area contributed by atoms with Crippen molar-refractivity contribution in [3.05, 3.63) is 10.8 Å². The van der Waals surface area contributed by atoms with Gasteiger partial charge in [-0.25, -0.2) is 0 Å². The van der Waals surface area contributed by atoms with Crippen molar-refractivity contribution in [3.63, 3.8) is 0 Å². The van der Waals surface area contributed by atoms with E-state index >= 15 is 0 Å². The number of nitrogens with zero attached hydrogens (tertiary/aromatic N) is 4. The number of nitrogens with one attached hydrogen (secondary N) is 1. The Morgan fingerprint density at radius 2 is 2.14 bits per heavy atom. The van der Waals surface area contributed by atoms with E-state index in [4.69, 9.17) is 9.84 Å². The van der Waals surface area contributed by atoms with Gasteiger partial charge in [0.2, 0.25) is 4.96 Å². The van der Waals surface area contributed by atoms with E-state index < -0.39 is 0 Å². The molecule has 4 rings (SSSR count). The van der Waals surface area contributed by atoms with Crippen molar-refractivity contribution in [2.75, 3.05) is 26.3 Å². The van der Waals surface area contributed by atoms with E-state index in [0.717, 1.165) is 56.4 Å². The lowest BCUT2D eigenvalue weighted by Crippen LogP contribution is -2.30. The van der Waals surface area contributed by atoms with E-state index in [0.29, 0.717) is 11.8 Å². The predicted octanol–water partition coefficient (Wildman–Crippen LogP) is 1.62. The fourth-order valence-electron chi connectivity index (χ4n) is 3.31. The Morgan fingerprint density at radius 1 is 1.24 bits per heavy atom. The minimum absolute atomic E-state index is 0.444. The largest absolute Gasteiger partial charge is 0.381 e. The second-order valence-corrected chi connectivity index (χ2v) is 7.09. The molecular weight excluding hydrogens is 286 g/mol. The summed E-state index contributed by atoms with van der Waals surface area (Å²) in [5.74, 6) is 2.19. The third-order valence-electron chi connectivity index (χ3n) is 4.51. The first-order valence-corrected chi connectivity index (χ1v) is 8.71. The summed E-state index contributed by atoms with van der Waals surface area (Å²) < 4.78 is 7.41. The first-order chi connectivity index (χ1) is 10.4. The molecule has 2 aliphatic heterocycles. The number of piperidine rings is 1. The Bertz CT molecular complexity index is 598. The Kier molecular flexibility index (Phi) is 3.87. The maximum Gasteiger partial charge on any atom is 0.234 e. The molecule has 21 heavy (non-hydrogen) atoms. The number of ether oxygens (including phenoxy) is 1. The fourth-order valence-corrected chi connectivity index (χ4v) is 4.26. The van der Waals surface area contributed by atoms with Crippen molar-refractivity contribution in [1.82, 2.24) is 25.1 Å². The second kappa shape index (κ2) is 5.98. The van der Waals surface area contributed by atoms with Crippen LogP contribution in [0.2, 0.25) is 0 Å². The van der Waals surface area contributed by atoms with Crippen molar-refractivity contribution in [1.29, 1.82) is 0 Å². The molecule has 1 N–H and O–H groups in total. The van der Waals surface area contributed by atoms with Gasteiger partial charge in [0.25, 0.3) is 0 Å². The van der Waals surface area contributed by atoms with Gasteiger partial charge in [-0.1, -0.05) is 11.3 Å². The van der Waals surface area contributed by atoms with Crippen molar-refractivity contribution < 1.29 is 4.74 Å². The van der Waals surface area contributed by atoms with Crippen LogP contribution in [0.3, 0.4) is 0 Å². The number of aromatic nitrogens is 4. The van der Waals surface area contributed by atoms with Crippen LogP contribution in [0.1, 0.15) is 42.4 Å². The summed E-state index contributed by atoms with van der Waals surface area (Å²) in [6, 6.07) is 0. The highest BCUT2D eigenvalue weighted by atomic mass is 32.1. The minimum Gasteiger partial charge on any atom is -0.381 e. The first kappa shape index (κ1) is 13.6. The number of hydrogen-bond acceptors (Lipinski definition) is 6. The van der Waals surface area contributed by atoms with Gasteiger partial charge < -0.3 is 10.1 Å². The van der Waals surface area contributed by atoms with Gasteiger partial charge in [-0.05, 0) is 44.7 Å². The molecule has 4 heterocycles. The molecule has 114 valence electrons. The zero-order valence-electron chi connectivity index (χ0n) is 12.1. The topological polar surface area (TPSA) is 64.3 Å². The zero-order chi connectivity index (χ0) is 14.1. The summed E-state index contributed by atoms with van der Waals surface area (Å²) in [6.07, 6.45) is 5.71. The molecule has 2 saturated heterocycles. The predicted molar refractivity (Wildman–Crippen MR) is 80.8 cm³/mol. The van der Waals surface area contributed by atoms with E-state index in [1.54, 1.807) is 11.3 Å². The SMILES string of the molecule is C1CNCC(Cc2nn3c(C4CCOCC4)nnc3s2)C1. The molecule has 7 heteroatoms. The maximum absolute atomic E-state index is 5.43. The van der Waals surface area contributed by atoms with E-state index in [-0.39, 0.29) is 0 Å². The van der Waals surface area contributed by atoms with Crippen LogP contribution in [0.5, 0.6) is 0 Å². The average molecular weight is 307 g/mol. The smallest absolute Gasteiger partial charge is 0.234 e. The summed E-state index contributed by atoms with van der Waals surface area (Å²) >= 11 is 1.69. The van der Waals surface area contributed by atoms with Crippen LogP contribution >= 0.6 is 11.3 Å². The quantitative estimate of drug-likeness (QED) is 0.933. The number of rotatable bonds is 3. The molecule has 1 unspecified atom stereocenters. The van der Waals surface area contributed by atoms with Gasteiger partial charge in [-0.15, -0.1) is 10.2 Å². The summed E-state index contributed by atoms with van der Waals surface area (Å²) in [5, 5.41) is 18.1. The lowest BCUT2D eigenvalue weighted by atomic mass is 9.97. The molecule has 0 radical (unpaired) electrons. The third-order valence-corrected chi connectivity index (χ3v) is 5.43. The first-order valence-electron chi connectivity index (χ1n) is 7.89. The molecular formula is C14H21N5OS. The van der Waals surface area contributed by atoms with Crippen molar-refractivity contribution in [3.8, 4) is 0 Å². The van der Waals surface area contributed by atoms with Crippen molar-refractivity contribution in [2.24, 2.45) is 5.92 Å². The molecule has 0 bridgehead atoms. The van der Waals surface area contributed by atoms with Crippen LogP contribution in [-0.4, -0.2) is 46.1 Å². The van der Waals surface area contributed by atoms with Gasteiger partial charge in [0.1, 0.15) is 5.01 Å². The Morgan fingerprint density at radius 3 is 2.95 bits per heavy atom. The molecule has 2 aliphatic rings. The highest BCUT2D eigenvalue weighted by Gasteiger charge is 2.24. The van der Waals surface area contributed by atoms with Gasteiger partial charge in [0, 0.05) is 25.6 Å². The summed E-state index contributed by atoms with van der Waals surface area (Å²) in [6.45, 7) is 3.93. The molecule has 2 aromatic heterocycles. The molecule has 0 amide bonds. The van der Waals surface area contributed by atoms with E-state index in [2.05, 4.69) is 15.5 Å². The second-order valence-electron chi connectivity index (χ2n) is 6.05. The lowest BCUT2D eigenvalue weighted by Gasteiger charge is -2.21. The fraction of sp³-hybridized carbons (Fsp3) is 0.786. The van der Waals surface area contributed by atoms with Crippen LogP contribution in [0.25, 0.3) is 4.96 Å². The normalized spacial score (nSPS) is 24.7. The molecule has 1 atom stereocenters. The van der Waals surface area contributed by atoms with Crippen LogP contribution < -0.4 is 5.32 Å². The van der Waals surface area contributed by atoms with Gasteiger partial charge in [0.15, 0.2) is 5.82 Å². The van der Waals surface area contributed by atoms with Gasteiger partial charge in [0.05, 0.1) is 0 Å². The Balaban J connectivity index is 1.53. The van der Waals surface area contributed by atoms with Crippen LogP contribution in [-0.2, 0) is 11.2 Å². The standard InChI is InChI=1S/C14H21N5OS/c1-2-10(9-15-5-1)8-12-18-19-13(16-17-14(19)21-12)11-3-6-20-7-4-11/h10-11,15H,1-9H2. The van der Waals surface area contributed by atoms with Gasteiger partial charge >= 0.3 is 0 Å². The highest BCUT2D eigenvalue weighted by molar-refractivity contribution is 7.16. The van der Waals surface area contributed by atoms with Crippen LogP contribution in [0.15, 0.2) is 0 Å².